The molecule has 0 bridgehead atoms. The van der Waals surface area contributed by atoms with Crippen molar-refractivity contribution in [3.05, 3.63) is 59.7 Å². The predicted octanol–water partition coefficient (Wildman–Crippen LogP) is 4.16. The van der Waals surface area contributed by atoms with E-state index in [0.717, 1.165) is 6.07 Å². The van der Waals surface area contributed by atoms with E-state index in [1.807, 2.05) is 0 Å². The van der Waals surface area contributed by atoms with Crippen molar-refractivity contribution in [2.75, 3.05) is 12.5 Å². The van der Waals surface area contributed by atoms with Gasteiger partial charge in [-0.3, -0.25) is 5.43 Å². The summed E-state index contributed by atoms with van der Waals surface area (Å²) in [5.74, 6) is 0.648. The van der Waals surface area contributed by atoms with Gasteiger partial charge in [0.1, 0.15) is 5.75 Å². The highest BCUT2D eigenvalue weighted by atomic mass is 19.4. The molecule has 0 aromatic heterocycles. The number of anilines is 1. The first-order chi connectivity index (χ1) is 10.0. The Bertz CT molecular complexity index is 639. The molecule has 0 aliphatic heterocycles. The molecule has 0 saturated carbocycles. The summed E-state index contributed by atoms with van der Waals surface area (Å²) in [7, 11) is 1.54. The predicted molar refractivity (Wildman–Crippen MR) is 75.7 cm³/mol. The number of para-hydroxylation sites is 1. The lowest BCUT2D eigenvalue weighted by Crippen LogP contribution is -2.08. The minimum atomic E-state index is -4.42. The maximum atomic E-state index is 12.8. The summed E-state index contributed by atoms with van der Waals surface area (Å²) in [4.78, 5) is 0. The number of nitrogens with zero attached hydrogens (tertiary/aromatic N) is 1. The summed E-state index contributed by atoms with van der Waals surface area (Å²) in [6, 6.07) is 12.2. The van der Waals surface area contributed by atoms with Crippen molar-refractivity contribution in [3.63, 3.8) is 0 Å². The van der Waals surface area contributed by atoms with Gasteiger partial charge in [-0.15, -0.1) is 0 Å². The number of halogens is 3. The van der Waals surface area contributed by atoms with Crippen LogP contribution in [0.25, 0.3) is 0 Å². The number of ether oxygens (including phenoxy) is 1. The fourth-order valence-electron chi connectivity index (χ4n) is 1.73. The van der Waals surface area contributed by atoms with Crippen molar-refractivity contribution in [2.24, 2.45) is 5.10 Å². The van der Waals surface area contributed by atoms with Gasteiger partial charge in [0.15, 0.2) is 0 Å². The van der Waals surface area contributed by atoms with Gasteiger partial charge in [0.2, 0.25) is 0 Å². The number of hydrogen-bond acceptors (Lipinski definition) is 3. The molecule has 0 unspecified atom stereocenters. The zero-order chi connectivity index (χ0) is 15.3. The summed E-state index contributed by atoms with van der Waals surface area (Å²) in [6.07, 6.45) is -3.00. The van der Waals surface area contributed by atoms with E-state index in [-0.39, 0.29) is 5.69 Å². The van der Waals surface area contributed by atoms with E-state index < -0.39 is 11.7 Å². The Kier molecular flexibility index (Phi) is 4.47. The molecule has 1 N–H and O–H groups in total. The minimum absolute atomic E-state index is 0.0934. The third-order valence-corrected chi connectivity index (χ3v) is 2.72. The zero-order valence-electron chi connectivity index (χ0n) is 11.2. The molecule has 2 rings (SSSR count). The Morgan fingerprint density at radius 2 is 1.86 bits per heavy atom. The van der Waals surface area contributed by atoms with Gasteiger partial charge in [-0.05, 0) is 29.8 Å². The smallest absolute Gasteiger partial charge is 0.418 e. The standard InChI is InChI=1S/C15H13F3N2O/c1-21-12-6-4-5-11(9-12)10-19-20-14-8-3-2-7-13(14)15(16,17)18/h2-10,20H,1H3/b19-10+. The van der Waals surface area contributed by atoms with E-state index in [9.17, 15) is 13.2 Å². The highest BCUT2D eigenvalue weighted by Crippen LogP contribution is 2.34. The van der Waals surface area contributed by atoms with Crippen LogP contribution < -0.4 is 10.2 Å². The highest BCUT2D eigenvalue weighted by molar-refractivity contribution is 5.80. The van der Waals surface area contributed by atoms with Crippen LogP contribution in [0, 0.1) is 0 Å². The monoisotopic (exact) mass is 294 g/mol. The van der Waals surface area contributed by atoms with Crippen molar-refractivity contribution < 1.29 is 17.9 Å². The molecule has 0 fully saturated rings. The molecule has 2 aromatic rings. The van der Waals surface area contributed by atoms with Crippen LogP contribution in [0.2, 0.25) is 0 Å². The lowest BCUT2D eigenvalue weighted by atomic mass is 10.2. The average molecular weight is 294 g/mol. The van der Waals surface area contributed by atoms with Gasteiger partial charge in [-0.2, -0.15) is 18.3 Å². The molecule has 0 radical (unpaired) electrons. The third-order valence-electron chi connectivity index (χ3n) is 2.72. The largest absolute Gasteiger partial charge is 0.497 e. The first kappa shape index (κ1) is 14.9. The van der Waals surface area contributed by atoms with Crippen LogP contribution in [0.15, 0.2) is 53.6 Å². The van der Waals surface area contributed by atoms with E-state index in [1.165, 1.54) is 31.5 Å². The van der Waals surface area contributed by atoms with Gasteiger partial charge in [0, 0.05) is 0 Å². The zero-order valence-corrected chi connectivity index (χ0v) is 11.2. The number of rotatable bonds is 4. The van der Waals surface area contributed by atoms with Crippen LogP contribution in [0.4, 0.5) is 18.9 Å². The normalized spacial score (nSPS) is 11.6. The van der Waals surface area contributed by atoms with E-state index in [0.29, 0.717) is 11.3 Å². The van der Waals surface area contributed by atoms with Crippen LogP contribution in [0.1, 0.15) is 11.1 Å². The van der Waals surface area contributed by atoms with Gasteiger partial charge >= 0.3 is 6.18 Å². The number of hydrogen-bond donors (Lipinski definition) is 1. The van der Waals surface area contributed by atoms with E-state index >= 15 is 0 Å². The Morgan fingerprint density at radius 3 is 2.57 bits per heavy atom. The molecule has 0 aliphatic rings. The fraction of sp³-hybridized carbons (Fsp3) is 0.133. The third kappa shape index (κ3) is 3.98. The van der Waals surface area contributed by atoms with E-state index in [4.69, 9.17) is 4.74 Å². The van der Waals surface area contributed by atoms with Crippen molar-refractivity contribution in [3.8, 4) is 5.75 Å². The second-order valence-electron chi connectivity index (χ2n) is 4.19. The summed E-state index contributed by atoms with van der Waals surface area (Å²) in [6.45, 7) is 0. The Labute approximate surface area is 120 Å². The maximum Gasteiger partial charge on any atom is 0.418 e. The van der Waals surface area contributed by atoms with E-state index in [2.05, 4.69) is 10.5 Å². The lowest BCUT2D eigenvalue weighted by molar-refractivity contribution is -0.136. The first-order valence-electron chi connectivity index (χ1n) is 6.10. The van der Waals surface area contributed by atoms with Crippen LogP contribution >= 0.6 is 0 Å². The van der Waals surface area contributed by atoms with Crippen LogP contribution in [0.5, 0.6) is 5.75 Å². The second kappa shape index (κ2) is 6.30. The fourth-order valence-corrected chi connectivity index (χ4v) is 1.73. The van der Waals surface area contributed by atoms with Crippen molar-refractivity contribution in [1.82, 2.24) is 0 Å². The Morgan fingerprint density at radius 1 is 1.10 bits per heavy atom. The molecular weight excluding hydrogens is 281 g/mol. The molecular formula is C15H13F3N2O. The molecule has 0 spiro atoms. The summed E-state index contributed by atoms with van der Waals surface area (Å²) >= 11 is 0. The topological polar surface area (TPSA) is 33.6 Å². The SMILES string of the molecule is COc1cccc(/C=N/Nc2ccccc2C(F)(F)F)c1. The van der Waals surface area contributed by atoms with Crippen LogP contribution in [-0.2, 0) is 6.18 Å². The van der Waals surface area contributed by atoms with Crippen molar-refractivity contribution >= 4 is 11.9 Å². The van der Waals surface area contributed by atoms with Gasteiger partial charge < -0.3 is 4.74 Å². The lowest BCUT2D eigenvalue weighted by Gasteiger charge is -2.11. The number of nitrogens with one attached hydrogen (secondary N) is 1. The quantitative estimate of drug-likeness (QED) is 0.678. The molecule has 0 atom stereocenters. The summed E-state index contributed by atoms with van der Waals surface area (Å²) in [5, 5.41) is 3.83. The van der Waals surface area contributed by atoms with Crippen LogP contribution in [-0.4, -0.2) is 13.3 Å². The summed E-state index contributed by atoms with van der Waals surface area (Å²) in [5.41, 5.74) is 2.28. The molecule has 2 aromatic carbocycles. The van der Waals surface area contributed by atoms with Gasteiger partial charge in [0.05, 0.1) is 24.6 Å². The molecule has 0 amide bonds. The van der Waals surface area contributed by atoms with Gasteiger partial charge in [0.25, 0.3) is 0 Å². The number of alkyl halides is 3. The van der Waals surface area contributed by atoms with E-state index in [1.54, 1.807) is 24.3 Å². The molecule has 3 nitrogen and oxygen atoms in total. The Balaban J connectivity index is 2.14. The number of hydrazone groups is 1. The second-order valence-corrected chi connectivity index (χ2v) is 4.19. The maximum absolute atomic E-state index is 12.8. The van der Waals surface area contributed by atoms with Gasteiger partial charge in [-0.25, -0.2) is 0 Å². The summed E-state index contributed by atoms with van der Waals surface area (Å²) < 4.78 is 43.4. The van der Waals surface area contributed by atoms with Crippen LogP contribution in [0.3, 0.4) is 0 Å². The Hall–Kier alpha value is -2.50. The molecule has 110 valence electrons. The molecule has 21 heavy (non-hydrogen) atoms. The molecule has 0 aliphatic carbocycles. The number of methoxy groups -OCH3 is 1. The van der Waals surface area contributed by atoms with Gasteiger partial charge in [-0.1, -0.05) is 24.3 Å². The first-order valence-corrected chi connectivity index (χ1v) is 6.10. The minimum Gasteiger partial charge on any atom is -0.497 e. The molecule has 6 heteroatoms. The average Bonchev–Trinajstić information content (AvgIpc) is 2.47. The molecule has 0 saturated heterocycles. The molecule has 0 heterocycles. The van der Waals surface area contributed by atoms with Crippen molar-refractivity contribution in [2.45, 2.75) is 6.18 Å². The van der Waals surface area contributed by atoms with Crippen molar-refractivity contribution in [1.29, 1.82) is 0 Å². The number of benzene rings is 2. The highest BCUT2D eigenvalue weighted by Gasteiger charge is 2.33.